The van der Waals surface area contributed by atoms with Crippen LogP contribution in [-0.2, 0) is 0 Å². The minimum atomic E-state index is -0.603. The van der Waals surface area contributed by atoms with Crippen molar-refractivity contribution in [1.82, 2.24) is 0 Å². The third-order valence-corrected chi connectivity index (χ3v) is 2.55. The molecule has 1 aliphatic rings. The van der Waals surface area contributed by atoms with Crippen LogP contribution < -0.4 is 9.47 Å². The van der Waals surface area contributed by atoms with Crippen molar-refractivity contribution in [2.24, 2.45) is 0 Å². The number of nitriles is 1. The van der Waals surface area contributed by atoms with Crippen LogP contribution in [0.4, 0.5) is 5.69 Å². The number of hydrogen-bond acceptors (Lipinski definition) is 5. The average Bonchev–Trinajstić information content (AvgIpc) is 2.36. The summed E-state index contributed by atoms with van der Waals surface area (Å²) in [5, 5.41) is 19.6. The van der Waals surface area contributed by atoms with Crippen LogP contribution in [-0.4, -0.2) is 17.6 Å². The summed E-state index contributed by atoms with van der Waals surface area (Å²) in [6, 6.07) is 4.37. The maximum atomic E-state index is 10.7. The van der Waals surface area contributed by atoms with Gasteiger partial charge in [0.25, 0.3) is 5.69 Å². The van der Waals surface area contributed by atoms with Crippen molar-refractivity contribution >= 4 is 5.69 Å². The molecule has 1 atom stereocenters. The summed E-state index contributed by atoms with van der Waals surface area (Å²) in [5.41, 5.74) is -0.279. The summed E-state index contributed by atoms with van der Waals surface area (Å²) < 4.78 is 10.9. The number of nitro groups is 1. The summed E-state index contributed by atoms with van der Waals surface area (Å²) in [6.07, 6.45) is 0.702. The van der Waals surface area contributed by atoms with Crippen LogP contribution in [0.15, 0.2) is 12.1 Å². The summed E-state index contributed by atoms with van der Waals surface area (Å²) in [6.45, 7) is 2.32. The highest BCUT2D eigenvalue weighted by Crippen LogP contribution is 2.37. The van der Waals surface area contributed by atoms with Gasteiger partial charge in [-0.1, -0.05) is 6.92 Å². The molecule has 0 saturated carbocycles. The average molecular weight is 234 g/mol. The Hall–Kier alpha value is -2.29. The molecule has 0 unspecified atom stereocenters. The molecule has 1 aromatic rings. The second-order valence-electron chi connectivity index (χ2n) is 3.64. The SMILES string of the molecule is CC[C@H]1COc2cc([N+](=O)[O-])c(C#N)cc2O1. The van der Waals surface area contributed by atoms with E-state index >= 15 is 0 Å². The number of ether oxygens (including phenoxy) is 2. The second kappa shape index (κ2) is 4.29. The van der Waals surface area contributed by atoms with Gasteiger partial charge in [0, 0.05) is 6.07 Å². The zero-order valence-corrected chi connectivity index (χ0v) is 9.17. The second-order valence-corrected chi connectivity index (χ2v) is 3.64. The normalized spacial score (nSPS) is 17.3. The number of hydrogen-bond donors (Lipinski definition) is 0. The lowest BCUT2D eigenvalue weighted by molar-refractivity contribution is -0.385. The molecule has 6 nitrogen and oxygen atoms in total. The highest BCUT2D eigenvalue weighted by Gasteiger charge is 2.25. The fourth-order valence-electron chi connectivity index (χ4n) is 1.59. The van der Waals surface area contributed by atoms with Gasteiger partial charge in [-0.2, -0.15) is 5.26 Å². The molecule has 0 aliphatic carbocycles. The first kappa shape index (κ1) is 11.2. The largest absolute Gasteiger partial charge is 0.486 e. The van der Waals surface area contributed by atoms with Crippen LogP contribution in [0.5, 0.6) is 11.5 Å². The molecule has 17 heavy (non-hydrogen) atoms. The van der Waals surface area contributed by atoms with Gasteiger partial charge in [0.1, 0.15) is 24.3 Å². The highest BCUT2D eigenvalue weighted by molar-refractivity contribution is 5.59. The third-order valence-electron chi connectivity index (χ3n) is 2.55. The van der Waals surface area contributed by atoms with E-state index in [4.69, 9.17) is 14.7 Å². The van der Waals surface area contributed by atoms with E-state index in [0.717, 1.165) is 6.42 Å². The Morgan fingerprint density at radius 2 is 2.35 bits per heavy atom. The molecule has 88 valence electrons. The number of benzene rings is 1. The van der Waals surface area contributed by atoms with Crippen LogP contribution in [0.2, 0.25) is 0 Å². The molecule has 1 aliphatic heterocycles. The molecule has 1 heterocycles. The van der Waals surface area contributed by atoms with Crippen molar-refractivity contribution in [1.29, 1.82) is 5.26 Å². The highest BCUT2D eigenvalue weighted by atomic mass is 16.6. The Balaban J connectivity index is 2.46. The molecule has 0 bridgehead atoms. The van der Waals surface area contributed by atoms with Gasteiger partial charge in [0.15, 0.2) is 11.5 Å². The van der Waals surface area contributed by atoms with Crippen molar-refractivity contribution in [2.75, 3.05) is 6.61 Å². The van der Waals surface area contributed by atoms with Crippen molar-refractivity contribution < 1.29 is 14.4 Å². The Labute approximate surface area is 97.5 Å². The Kier molecular flexibility index (Phi) is 2.83. The lowest BCUT2D eigenvalue weighted by Gasteiger charge is -2.25. The standard InChI is InChI=1S/C11H10N2O4/c1-2-8-6-16-10-4-9(13(14)15)7(5-12)3-11(10)17-8/h3-4,8H,2,6H2,1H3/t8-/m0/s1. The quantitative estimate of drug-likeness (QED) is 0.577. The lowest BCUT2D eigenvalue weighted by Crippen LogP contribution is -2.28. The van der Waals surface area contributed by atoms with E-state index in [1.807, 2.05) is 6.92 Å². The van der Waals surface area contributed by atoms with E-state index in [-0.39, 0.29) is 17.4 Å². The van der Waals surface area contributed by atoms with E-state index in [9.17, 15) is 10.1 Å². The molecular formula is C11H10N2O4. The Bertz CT molecular complexity index is 507. The summed E-state index contributed by atoms with van der Waals surface area (Å²) in [4.78, 5) is 10.1. The fourth-order valence-corrected chi connectivity index (χ4v) is 1.59. The van der Waals surface area contributed by atoms with Crippen molar-refractivity contribution in [2.45, 2.75) is 19.4 Å². The van der Waals surface area contributed by atoms with E-state index in [0.29, 0.717) is 18.1 Å². The van der Waals surface area contributed by atoms with Gasteiger partial charge in [-0.3, -0.25) is 10.1 Å². The van der Waals surface area contributed by atoms with Gasteiger partial charge < -0.3 is 9.47 Å². The number of rotatable bonds is 2. The zero-order valence-electron chi connectivity index (χ0n) is 9.17. The van der Waals surface area contributed by atoms with Gasteiger partial charge >= 0.3 is 0 Å². The molecule has 2 rings (SSSR count). The maximum absolute atomic E-state index is 10.7. The summed E-state index contributed by atoms with van der Waals surface area (Å²) in [5.74, 6) is 0.714. The molecule has 0 spiro atoms. The molecule has 0 amide bonds. The molecule has 0 N–H and O–H groups in total. The Morgan fingerprint density at radius 1 is 1.59 bits per heavy atom. The van der Waals surface area contributed by atoms with Crippen molar-refractivity contribution in [3.8, 4) is 17.6 Å². The van der Waals surface area contributed by atoms with Crippen LogP contribution in [0.3, 0.4) is 0 Å². The first-order chi connectivity index (χ1) is 8.15. The first-order valence-electron chi connectivity index (χ1n) is 5.17. The van der Waals surface area contributed by atoms with Crippen molar-refractivity contribution in [3.63, 3.8) is 0 Å². The molecule has 0 aromatic heterocycles. The van der Waals surface area contributed by atoms with Gasteiger partial charge in [0.05, 0.1) is 11.0 Å². The zero-order chi connectivity index (χ0) is 12.4. The van der Waals surface area contributed by atoms with Gasteiger partial charge in [-0.25, -0.2) is 0 Å². The smallest absolute Gasteiger partial charge is 0.291 e. The molecular weight excluding hydrogens is 224 g/mol. The molecule has 1 aromatic carbocycles. The fraction of sp³-hybridized carbons (Fsp3) is 0.364. The topological polar surface area (TPSA) is 85.4 Å². The van der Waals surface area contributed by atoms with E-state index < -0.39 is 4.92 Å². The predicted octanol–water partition coefficient (Wildman–Crippen LogP) is 2.02. The van der Waals surface area contributed by atoms with Gasteiger partial charge in [-0.15, -0.1) is 0 Å². The van der Waals surface area contributed by atoms with Crippen LogP contribution in [0.25, 0.3) is 0 Å². The molecule has 0 saturated heterocycles. The maximum Gasteiger partial charge on any atom is 0.291 e. The molecule has 6 heteroatoms. The Morgan fingerprint density at radius 3 is 2.94 bits per heavy atom. The number of nitro benzene ring substituents is 1. The van der Waals surface area contributed by atoms with Crippen LogP contribution in [0.1, 0.15) is 18.9 Å². The first-order valence-corrected chi connectivity index (χ1v) is 5.17. The van der Waals surface area contributed by atoms with Crippen molar-refractivity contribution in [3.05, 3.63) is 27.8 Å². The number of fused-ring (bicyclic) bond motifs is 1. The van der Waals surface area contributed by atoms with Crippen LogP contribution in [0, 0.1) is 21.4 Å². The minimum absolute atomic E-state index is 0.0193. The van der Waals surface area contributed by atoms with Gasteiger partial charge in [0.2, 0.25) is 0 Å². The summed E-state index contributed by atoms with van der Waals surface area (Å²) >= 11 is 0. The van der Waals surface area contributed by atoms with E-state index in [2.05, 4.69) is 0 Å². The summed E-state index contributed by atoms with van der Waals surface area (Å²) in [7, 11) is 0. The van der Waals surface area contributed by atoms with Gasteiger partial charge in [-0.05, 0) is 6.42 Å². The van der Waals surface area contributed by atoms with E-state index in [1.54, 1.807) is 6.07 Å². The van der Waals surface area contributed by atoms with E-state index in [1.165, 1.54) is 12.1 Å². The molecule has 0 fully saturated rings. The van der Waals surface area contributed by atoms with Crippen LogP contribution >= 0.6 is 0 Å². The predicted molar refractivity (Wildman–Crippen MR) is 58.0 cm³/mol. The molecule has 0 radical (unpaired) electrons. The third kappa shape index (κ3) is 1.99. The number of nitrogens with zero attached hydrogens (tertiary/aromatic N) is 2. The lowest BCUT2D eigenvalue weighted by atomic mass is 10.1. The minimum Gasteiger partial charge on any atom is -0.486 e. The monoisotopic (exact) mass is 234 g/mol.